The Labute approximate surface area is 166 Å². The van der Waals surface area contributed by atoms with E-state index in [1.165, 1.54) is 0 Å². The van der Waals surface area contributed by atoms with Crippen LogP contribution in [0.5, 0.6) is 0 Å². The van der Waals surface area contributed by atoms with Crippen molar-refractivity contribution in [2.24, 2.45) is 5.92 Å². The number of ether oxygens (including phenoxy) is 2. The van der Waals surface area contributed by atoms with Gasteiger partial charge in [-0.25, -0.2) is 0 Å². The quantitative estimate of drug-likeness (QED) is 0.715. The van der Waals surface area contributed by atoms with Crippen molar-refractivity contribution in [2.75, 3.05) is 19.8 Å². The summed E-state index contributed by atoms with van der Waals surface area (Å²) in [6.45, 7) is 5.34. The van der Waals surface area contributed by atoms with Gasteiger partial charge < -0.3 is 19.5 Å². The lowest BCUT2D eigenvalue weighted by Crippen LogP contribution is -2.58. The molecule has 1 aromatic rings. The monoisotopic (exact) mass is 395 g/mol. The Bertz CT molecular complexity index is 632. The number of piperidine rings is 1. The molecule has 0 radical (unpaired) electrons. The number of nitrogens with zero attached hydrogens (tertiary/aromatic N) is 1. The van der Waals surface area contributed by atoms with Crippen LogP contribution in [0, 0.1) is 5.92 Å². The number of amides is 1. The molecule has 1 aliphatic heterocycles. The minimum atomic E-state index is -0.815. The van der Waals surface area contributed by atoms with E-state index in [-0.39, 0.29) is 18.1 Å². The molecule has 2 fully saturated rings. The summed E-state index contributed by atoms with van der Waals surface area (Å²) >= 11 is 6.02. The van der Waals surface area contributed by atoms with Crippen LogP contribution >= 0.6 is 11.6 Å². The molecule has 1 amide bonds. The Morgan fingerprint density at radius 2 is 2.00 bits per heavy atom. The van der Waals surface area contributed by atoms with E-state index in [4.69, 9.17) is 21.1 Å². The fraction of sp³-hybridized carbons (Fsp3) is 0.667. The maximum absolute atomic E-state index is 13.5. The van der Waals surface area contributed by atoms with Crippen molar-refractivity contribution >= 4 is 17.5 Å². The summed E-state index contributed by atoms with van der Waals surface area (Å²) in [5, 5.41) is 11.5. The van der Waals surface area contributed by atoms with Crippen LogP contribution in [-0.2, 0) is 19.7 Å². The van der Waals surface area contributed by atoms with E-state index in [1.54, 1.807) is 4.90 Å². The molecular formula is C21H30ClNO4. The largest absolute Gasteiger partial charge is 0.373 e. The molecule has 3 atom stereocenters. The highest BCUT2D eigenvalue weighted by Crippen LogP contribution is 2.46. The molecule has 1 heterocycles. The molecule has 2 aliphatic rings. The highest BCUT2D eigenvalue weighted by Gasteiger charge is 2.50. The van der Waals surface area contributed by atoms with E-state index >= 15 is 0 Å². The number of hydrogen-bond donors (Lipinski definition) is 1. The first-order chi connectivity index (χ1) is 13.0. The molecule has 1 N–H and O–H groups in total. The Kier molecular flexibility index (Phi) is 6.79. The number of rotatable bonds is 7. The molecular weight excluding hydrogens is 366 g/mol. The van der Waals surface area contributed by atoms with Crippen molar-refractivity contribution in [3.05, 3.63) is 34.9 Å². The Hall–Kier alpha value is -1.14. The molecule has 1 aromatic carbocycles. The number of carbonyl (C=O) groups excluding carboxylic acids is 1. The third-order valence-electron chi connectivity index (χ3n) is 5.94. The Morgan fingerprint density at radius 1 is 1.30 bits per heavy atom. The lowest BCUT2D eigenvalue weighted by atomic mass is 9.63. The zero-order valence-electron chi connectivity index (χ0n) is 16.2. The lowest BCUT2D eigenvalue weighted by molar-refractivity contribution is -0.175. The van der Waals surface area contributed by atoms with E-state index in [0.29, 0.717) is 24.8 Å². The van der Waals surface area contributed by atoms with Crippen molar-refractivity contribution in [3.8, 4) is 0 Å². The second-order valence-electron chi connectivity index (χ2n) is 7.61. The number of likely N-dealkylation sites (tertiary alicyclic amines) is 1. The van der Waals surface area contributed by atoms with Crippen LogP contribution in [0.1, 0.15) is 51.5 Å². The number of carbonyl (C=O) groups is 1. The topological polar surface area (TPSA) is 59.0 Å². The summed E-state index contributed by atoms with van der Waals surface area (Å²) in [5.41, 5.74) is 0.478. The number of aliphatic hydroxyl groups excluding tert-OH is 1. The summed E-state index contributed by atoms with van der Waals surface area (Å²) in [4.78, 5) is 15.1. The van der Waals surface area contributed by atoms with Gasteiger partial charge in [-0.3, -0.25) is 4.79 Å². The lowest BCUT2D eigenvalue weighted by Gasteiger charge is -2.47. The Morgan fingerprint density at radius 3 is 2.59 bits per heavy atom. The number of hydrogen-bond acceptors (Lipinski definition) is 4. The molecule has 0 spiro atoms. The molecule has 3 rings (SSSR count). The number of halogens is 1. The predicted octanol–water partition coefficient (Wildman–Crippen LogP) is 3.72. The van der Waals surface area contributed by atoms with Gasteiger partial charge in [0.1, 0.15) is 6.23 Å². The third-order valence-corrected chi connectivity index (χ3v) is 6.19. The van der Waals surface area contributed by atoms with Crippen LogP contribution in [0.2, 0.25) is 5.02 Å². The van der Waals surface area contributed by atoms with Crippen LogP contribution in [0.3, 0.4) is 0 Å². The van der Waals surface area contributed by atoms with Crippen molar-refractivity contribution in [1.82, 2.24) is 4.90 Å². The van der Waals surface area contributed by atoms with Crippen molar-refractivity contribution in [1.29, 1.82) is 0 Å². The van der Waals surface area contributed by atoms with Gasteiger partial charge in [0.15, 0.2) is 6.29 Å². The van der Waals surface area contributed by atoms with E-state index < -0.39 is 11.6 Å². The summed E-state index contributed by atoms with van der Waals surface area (Å²) < 4.78 is 11.1. The van der Waals surface area contributed by atoms with E-state index in [2.05, 4.69) is 0 Å². The summed E-state index contributed by atoms with van der Waals surface area (Å²) in [7, 11) is 0. The van der Waals surface area contributed by atoms with E-state index in [0.717, 1.165) is 37.7 Å². The van der Waals surface area contributed by atoms with Gasteiger partial charge in [0.25, 0.3) is 0 Å². The predicted molar refractivity (Wildman–Crippen MR) is 104 cm³/mol. The number of aliphatic hydroxyl groups is 1. The standard InChI is InChI=1S/C21H30ClNO4/c1-3-26-15(2)27-14-16-6-4-13-23(19(16)24)20(25)21(11-5-12-21)17-7-9-18(22)10-8-17/h7-10,15-16,19,24H,3-6,11-14H2,1-2H3/t15?,16-,19+/m0/s1. The molecule has 0 aromatic heterocycles. The van der Waals surface area contributed by atoms with Crippen molar-refractivity contribution in [2.45, 2.75) is 63.9 Å². The second kappa shape index (κ2) is 8.91. The highest BCUT2D eigenvalue weighted by atomic mass is 35.5. The number of benzene rings is 1. The zero-order chi connectivity index (χ0) is 19.4. The zero-order valence-corrected chi connectivity index (χ0v) is 17.0. The smallest absolute Gasteiger partial charge is 0.235 e. The third kappa shape index (κ3) is 4.32. The van der Waals surface area contributed by atoms with Gasteiger partial charge in [-0.15, -0.1) is 0 Å². The molecule has 150 valence electrons. The summed E-state index contributed by atoms with van der Waals surface area (Å²) in [6, 6.07) is 7.56. The highest BCUT2D eigenvalue weighted by molar-refractivity contribution is 6.30. The van der Waals surface area contributed by atoms with Crippen LogP contribution in [0.4, 0.5) is 0 Å². The van der Waals surface area contributed by atoms with Gasteiger partial charge in [-0.2, -0.15) is 0 Å². The van der Waals surface area contributed by atoms with Gasteiger partial charge in [-0.05, 0) is 57.2 Å². The van der Waals surface area contributed by atoms with Crippen LogP contribution in [0.25, 0.3) is 0 Å². The normalized spacial score (nSPS) is 25.7. The molecule has 27 heavy (non-hydrogen) atoms. The van der Waals surface area contributed by atoms with Gasteiger partial charge in [0, 0.05) is 24.1 Å². The summed E-state index contributed by atoms with van der Waals surface area (Å²) in [5.74, 6) is -0.0564. The van der Waals surface area contributed by atoms with Gasteiger partial charge in [0.05, 0.1) is 12.0 Å². The van der Waals surface area contributed by atoms with E-state index in [9.17, 15) is 9.90 Å². The van der Waals surface area contributed by atoms with Crippen LogP contribution < -0.4 is 0 Å². The molecule has 0 bridgehead atoms. The fourth-order valence-corrected chi connectivity index (χ4v) is 4.32. The maximum atomic E-state index is 13.5. The van der Waals surface area contributed by atoms with Gasteiger partial charge in [-0.1, -0.05) is 30.2 Å². The fourth-order valence-electron chi connectivity index (χ4n) is 4.19. The van der Waals surface area contributed by atoms with E-state index in [1.807, 2.05) is 38.1 Å². The molecule has 1 aliphatic carbocycles. The first kappa shape index (κ1) is 20.6. The summed E-state index contributed by atoms with van der Waals surface area (Å²) in [6.07, 6.45) is 3.26. The Balaban J connectivity index is 1.70. The first-order valence-electron chi connectivity index (χ1n) is 9.96. The first-order valence-corrected chi connectivity index (χ1v) is 10.3. The average Bonchev–Trinajstić information content (AvgIpc) is 2.61. The van der Waals surface area contributed by atoms with Crippen LogP contribution in [-0.4, -0.2) is 48.2 Å². The molecule has 6 heteroatoms. The van der Waals surface area contributed by atoms with Crippen molar-refractivity contribution < 1.29 is 19.4 Å². The van der Waals surface area contributed by atoms with Crippen molar-refractivity contribution in [3.63, 3.8) is 0 Å². The minimum Gasteiger partial charge on any atom is -0.373 e. The molecule has 1 saturated heterocycles. The maximum Gasteiger partial charge on any atom is 0.235 e. The minimum absolute atomic E-state index is 0.0335. The van der Waals surface area contributed by atoms with Gasteiger partial charge >= 0.3 is 0 Å². The molecule has 1 saturated carbocycles. The average molecular weight is 396 g/mol. The SMILES string of the molecule is CCOC(C)OC[C@@H]1CCCN(C(=O)C2(c3ccc(Cl)cc3)CCC2)[C@@H]1O. The molecule has 1 unspecified atom stereocenters. The van der Waals surface area contributed by atoms with Gasteiger partial charge in [0.2, 0.25) is 5.91 Å². The second-order valence-corrected chi connectivity index (χ2v) is 8.05. The molecule has 5 nitrogen and oxygen atoms in total. The van der Waals surface area contributed by atoms with Crippen LogP contribution in [0.15, 0.2) is 24.3 Å².